The molecule has 3 aliphatic carbocycles. The fourth-order valence-corrected chi connectivity index (χ4v) is 8.57. The highest BCUT2D eigenvalue weighted by atomic mass is 16.2. The second-order valence-electron chi connectivity index (χ2n) is 13.6. The summed E-state index contributed by atoms with van der Waals surface area (Å²) in [6.45, 7) is 12.0. The van der Waals surface area contributed by atoms with Crippen molar-refractivity contribution in [1.82, 2.24) is 9.97 Å². The first-order valence-corrected chi connectivity index (χ1v) is 20.2. The minimum atomic E-state index is -0.222. The first kappa shape index (κ1) is 41.7. The highest BCUT2D eigenvalue weighted by Crippen LogP contribution is 2.46. The van der Waals surface area contributed by atoms with Gasteiger partial charge in [0, 0.05) is 50.8 Å². The van der Waals surface area contributed by atoms with Crippen LogP contribution in [0.3, 0.4) is 0 Å². The molecule has 9 nitrogen and oxygen atoms in total. The standard InChI is InChI=1S/C14H16N2O.C13H16N2O.C12H12N2O.3C2H6/c15-14(17)11-7-2-1-6-10-9-5-3-4-8-12(9)16-13(10)11;14-13(16)10-6-3-5-9-8-4-1-2-7-11(8)15-12(9)10;13-12(15)9-6-5-8-7-3-1-2-4-10(7)14-11(8)9;3*1-2/h3-5,8,11,16H,1-2,6-7H2,(H2,15,17);1-2,4,7,9-10,12,15H,3,5-6H2,(H2,14,16);1-4,9,14H,5-6H2,(H2,13,15);3*1-2H3. The Morgan fingerprint density at radius 3 is 1.65 bits per heavy atom. The van der Waals surface area contributed by atoms with Gasteiger partial charge in [-0.3, -0.25) is 14.4 Å². The third-order valence-electron chi connectivity index (χ3n) is 10.9. The van der Waals surface area contributed by atoms with Crippen LogP contribution in [-0.4, -0.2) is 33.7 Å². The monoisotopic (exact) mass is 734 g/mol. The number of carbonyl (C=O) groups excluding carboxylic acids is 3. The number of amides is 3. The van der Waals surface area contributed by atoms with Crippen LogP contribution in [0.2, 0.25) is 0 Å². The number of para-hydroxylation sites is 3. The van der Waals surface area contributed by atoms with E-state index < -0.39 is 0 Å². The molecule has 2 aromatic heterocycles. The lowest BCUT2D eigenvalue weighted by Gasteiger charge is -2.32. The van der Waals surface area contributed by atoms with Crippen LogP contribution in [0.15, 0.2) is 72.8 Å². The number of primary amides is 3. The van der Waals surface area contributed by atoms with Gasteiger partial charge in [0.05, 0.1) is 17.8 Å². The van der Waals surface area contributed by atoms with Crippen molar-refractivity contribution in [2.45, 2.75) is 123 Å². The lowest BCUT2D eigenvalue weighted by atomic mass is 9.76. The Morgan fingerprint density at radius 2 is 1.07 bits per heavy atom. The Morgan fingerprint density at radius 1 is 0.556 bits per heavy atom. The predicted molar refractivity (Wildman–Crippen MR) is 224 cm³/mol. The number of benzene rings is 3. The fraction of sp³-hybridized carbons (Fsp3) is 0.444. The van der Waals surface area contributed by atoms with E-state index in [1.807, 2.05) is 77.9 Å². The van der Waals surface area contributed by atoms with E-state index in [0.29, 0.717) is 5.92 Å². The molecule has 9 rings (SSSR count). The Balaban J connectivity index is 0.000000169. The fourth-order valence-electron chi connectivity index (χ4n) is 8.57. The van der Waals surface area contributed by atoms with Gasteiger partial charge in [-0.1, -0.05) is 109 Å². The SMILES string of the molecule is CC.CC.CC.NC(=O)C1CCCC2c3ccccc3NC12.NC(=O)C1CCCCc2c1[nH]c1ccccc21.NC(=O)C1CCc2c1[nH]c1ccccc21. The Hall–Kier alpha value is -5.05. The van der Waals surface area contributed by atoms with Crippen molar-refractivity contribution < 1.29 is 14.4 Å². The second-order valence-corrected chi connectivity index (χ2v) is 13.6. The molecule has 3 amide bonds. The maximum Gasteiger partial charge on any atom is 0.226 e. The van der Waals surface area contributed by atoms with Crippen LogP contribution in [0.4, 0.5) is 5.69 Å². The van der Waals surface area contributed by atoms with E-state index >= 15 is 0 Å². The summed E-state index contributed by atoms with van der Waals surface area (Å²) in [6, 6.07) is 24.9. The molecule has 1 saturated carbocycles. The van der Waals surface area contributed by atoms with Crippen LogP contribution in [0.25, 0.3) is 21.8 Å². The van der Waals surface area contributed by atoms with Crippen LogP contribution in [0.1, 0.15) is 132 Å². The quantitative estimate of drug-likeness (QED) is 0.102. The van der Waals surface area contributed by atoms with Crippen molar-refractivity contribution in [2.75, 3.05) is 5.32 Å². The highest BCUT2D eigenvalue weighted by Gasteiger charge is 2.42. The molecule has 0 radical (unpaired) electrons. The van der Waals surface area contributed by atoms with Crippen molar-refractivity contribution in [3.63, 3.8) is 0 Å². The number of aryl methyl sites for hydroxylation is 2. The number of rotatable bonds is 3. The smallest absolute Gasteiger partial charge is 0.226 e. The molecule has 9 heteroatoms. The summed E-state index contributed by atoms with van der Waals surface area (Å²) in [5.41, 5.74) is 25.8. The van der Waals surface area contributed by atoms with Gasteiger partial charge in [0.2, 0.25) is 17.7 Å². The van der Waals surface area contributed by atoms with E-state index in [9.17, 15) is 14.4 Å². The third kappa shape index (κ3) is 8.83. The molecular weight excluding hydrogens is 673 g/mol. The maximum absolute atomic E-state index is 11.5. The summed E-state index contributed by atoms with van der Waals surface area (Å²) in [4.78, 5) is 40.9. The lowest BCUT2D eigenvalue weighted by Crippen LogP contribution is -2.41. The molecule has 0 spiro atoms. The average molecular weight is 735 g/mol. The Kier molecular flexibility index (Phi) is 15.3. The van der Waals surface area contributed by atoms with E-state index in [1.165, 1.54) is 39.6 Å². The zero-order chi connectivity index (χ0) is 39.4. The molecule has 0 bridgehead atoms. The lowest BCUT2D eigenvalue weighted by molar-refractivity contribution is -0.123. The molecule has 1 fully saturated rings. The number of fused-ring (bicyclic) bond motifs is 9. The number of anilines is 1. The van der Waals surface area contributed by atoms with Gasteiger partial charge in [-0.2, -0.15) is 0 Å². The first-order valence-electron chi connectivity index (χ1n) is 20.2. The number of nitrogens with one attached hydrogen (secondary N) is 3. The van der Waals surface area contributed by atoms with Gasteiger partial charge in [-0.25, -0.2) is 0 Å². The number of nitrogens with two attached hydrogens (primary N) is 3. The van der Waals surface area contributed by atoms with Gasteiger partial charge in [-0.15, -0.1) is 0 Å². The van der Waals surface area contributed by atoms with Crippen LogP contribution < -0.4 is 22.5 Å². The van der Waals surface area contributed by atoms with Gasteiger partial charge < -0.3 is 32.5 Å². The zero-order valence-corrected chi connectivity index (χ0v) is 33.1. The molecule has 4 aliphatic rings. The van der Waals surface area contributed by atoms with Crippen LogP contribution in [0.5, 0.6) is 0 Å². The van der Waals surface area contributed by atoms with Crippen molar-refractivity contribution in [3.8, 4) is 0 Å². The summed E-state index contributed by atoms with van der Waals surface area (Å²) in [7, 11) is 0. The Bertz CT molecular complexity index is 1990. The van der Waals surface area contributed by atoms with Gasteiger partial charge in [0.15, 0.2) is 0 Å². The third-order valence-corrected chi connectivity index (χ3v) is 10.9. The van der Waals surface area contributed by atoms with Crippen molar-refractivity contribution in [2.24, 2.45) is 23.1 Å². The summed E-state index contributed by atoms with van der Waals surface area (Å²) >= 11 is 0. The van der Waals surface area contributed by atoms with Crippen molar-refractivity contribution >= 4 is 45.2 Å². The highest BCUT2D eigenvalue weighted by molar-refractivity contribution is 5.91. The molecule has 54 heavy (non-hydrogen) atoms. The molecule has 5 aromatic rings. The van der Waals surface area contributed by atoms with E-state index in [-0.39, 0.29) is 41.5 Å². The van der Waals surface area contributed by atoms with Crippen LogP contribution >= 0.6 is 0 Å². The molecule has 5 unspecified atom stereocenters. The van der Waals surface area contributed by atoms with E-state index in [4.69, 9.17) is 17.2 Å². The maximum atomic E-state index is 11.5. The minimum absolute atomic E-state index is 0.00819. The van der Waals surface area contributed by atoms with E-state index in [2.05, 4.69) is 51.7 Å². The van der Waals surface area contributed by atoms with Crippen molar-refractivity contribution in [1.29, 1.82) is 0 Å². The molecule has 5 atom stereocenters. The van der Waals surface area contributed by atoms with Crippen LogP contribution in [0, 0.1) is 5.92 Å². The molecule has 290 valence electrons. The summed E-state index contributed by atoms with van der Waals surface area (Å²) in [5, 5.41) is 5.95. The average Bonchev–Trinajstić information content (AvgIpc) is 3.95. The minimum Gasteiger partial charge on any atom is -0.381 e. The largest absolute Gasteiger partial charge is 0.381 e. The van der Waals surface area contributed by atoms with E-state index in [0.717, 1.165) is 73.8 Å². The number of aromatic amines is 2. The topological polar surface area (TPSA) is 173 Å². The van der Waals surface area contributed by atoms with Gasteiger partial charge in [0.1, 0.15) is 0 Å². The van der Waals surface area contributed by atoms with Gasteiger partial charge in [0.25, 0.3) is 0 Å². The normalized spacial score (nSPS) is 21.3. The number of aromatic nitrogens is 2. The molecular formula is C45H62N6O3. The molecule has 9 N–H and O–H groups in total. The zero-order valence-electron chi connectivity index (χ0n) is 33.1. The van der Waals surface area contributed by atoms with E-state index in [1.54, 1.807) is 0 Å². The molecule has 0 saturated heterocycles. The van der Waals surface area contributed by atoms with Crippen molar-refractivity contribution in [3.05, 3.63) is 101 Å². The van der Waals surface area contributed by atoms with Crippen LogP contribution in [-0.2, 0) is 27.2 Å². The summed E-state index contributed by atoms with van der Waals surface area (Å²) in [6.07, 6.45) is 9.12. The molecule has 3 heterocycles. The van der Waals surface area contributed by atoms with Gasteiger partial charge in [-0.05, 0) is 79.8 Å². The number of hydrogen-bond donors (Lipinski definition) is 6. The summed E-state index contributed by atoms with van der Waals surface area (Å²) < 4.78 is 0. The second kappa shape index (κ2) is 19.9. The molecule has 3 aromatic carbocycles. The van der Waals surface area contributed by atoms with Gasteiger partial charge >= 0.3 is 0 Å². The number of carbonyl (C=O) groups is 3. The Labute approximate surface area is 321 Å². The summed E-state index contributed by atoms with van der Waals surface area (Å²) in [5.74, 6) is -0.379. The number of H-pyrrole nitrogens is 2. The predicted octanol–water partition coefficient (Wildman–Crippen LogP) is 9.07. The number of hydrogen-bond acceptors (Lipinski definition) is 4. The first-order chi connectivity index (χ1) is 26.3. The molecule has 1 aliphatic heterocycles.